The minimum atomic E-state index is -2.66. The first-order valence-electron chi connectivity index (χ1n) is 12.7. The first kappa shape index (κ1) is 25.0. The fourth-order valence-corrected chi connectivity index (χ4v) is 5.74. The number of halogens is 4. The highest BCUT2D eigenvalue weighted by Crippen LogP contribution is 2.42. The molecule has 0 N–H and O–H groups in total. The molecule has 1 aliphatic carbocycles. The smallest absolute Gasteiger partial charge is 0.265 e. The third kappa shape index (κ3) is 5.37. The molecule has 0 atom stereocenters. The van der Waals surface area contributed by atoms with E-state index < -0.39 is 6.43 Å². The van der Waals surface area contributed by atoms with E-state index in [1.165, 1.54) is 23.4 Å². The Bertz CT molecular complexity index is 1230. The van der Waals surface area contributed by atoms with Crippen molar-refractivity contribution in [2.24, 2.45) is 5.92 Å². The number of allylic oxidation sites excluding steroid dienone is 1. The lowest BCUT2D eigenvalue weighted by Crippen LogP contribution is -2.47. The molecule has 2 heterocycles. The van der Waals surface area contributed by atoms with Crippen molar-refractivity contribution in [1.82, 2.24) is 9.88 Å². The molecule has 1 fully saturated rings. The van der Waals surface area contributed by atoms with Gasteiger partial charge in [0.05, 0.1) is 17.4 Å². The van der Waals surface area contributed by atoms with Crippen LogP contribution >= 0.6 is 11.6 Å². The maximum Gasteiger partial charge on any atom is 0.265 e. The fraction of sp³-hybridized carbons (Fsp3) is 0.367. The zero-order valence-corrected chi connectivity index (χ0v) is 21.0. The zero-order chi connectivity index (χ0) is 25.1. The van der Waals surface area contributed by atoms with Crippen LogP contribution in [-0.4, -0.2) is 36.2 Å². The van der Waals surface area contributed by atoms with Crippen LogP contribution in [0.3, 0.4) is 0 Å². The van der Waals surface area contributed by atoms with Crippen molar-refractivity contribution >= 4 is 22.7 Å². The third-order valence-corrected chi connectivity index (χ3v) is 7.48. The molecule has 0 bridgehead atoms. The Morgan fingerprint density at radius 3 is 2.56 bits per heavy atom. The normalized spacial score (nSPS) is 16.7. The lowest BCUT2D eigenvalue weighted by atomic mass is 9.87. The summed E-state index contributed by atoms with van der Waals surface area (Å²) in [6.07, 6.45) is 2.81. The number of hydrogen-bond donors (Lipinski definition) is 0. The summed E-state index contributed by atoms with van der Waals surface area (Å²) < 4.78 is 40.5. The van der Waals surface area contributed by atoms with Crippen LogP contribution in [0.5, 0.6) is 0 Å². The summed E-state index contributed by atoms with van der Waals surface area (Å²) in [7, 11) is 0. The first-order valence-corrected chi connectivity index (χ1v) is 13.0. The van der Waals surface area contributed by atoms with Gasteiger partial charge >= 0.3 is 0 Å². The minimum Gasteiger partial charge on any atom is -0.303 e. The topological polar surface area (TPSA) is 16.1 Å². The molecule has 6 heteroatoms. The lowest BCUT2D eigenvalue weighted by Gasteiger charge is -2.39. The molecule has 2 aliphatic rings. The average Bonchev–Trinajstić information content (AvgIpc) is 3.05. The van der Waals surface area contributed by atoms with Gasteiger partial charge in [-0.2, -0.15) is 0 Å². The minimum absolute atomic E-state index is 0.117. The van der Waals surface area contributed by atoms with Gasteiger partial charge < -0.3 is 4.90 Å². The number of likely N-dealkylation sites (tertiary alicyclic amines) is 1. The molecule has 188 valence electrons. The van der Waals surface area contributed by atoms with Crippen molar-refractivity contribution in [3.8, 4) is 0 Å². The largest absolute Gasteiger partial charge is 0.303 e. The Labute approximate surface area is 215 Å². The molecule has 5 rings (SSSR count). The van der Waals surface area contributed by atoms with E-state index in [0.29, 0.717) is 24.5 Å². The van der Waals surface area contributed by atoms with E-state index in [1.807, 2.05) is 12.1 Å². The van der Waals surface area contributed by atoms with E-state index in [-0.39, 0.29) is 17.3 Å². The van der Waals surface area contributed by atoms with Crippen molar-refractivity contribution in [2.45, 2.75) is 38.5 Å². The van der Waals surface area contributed by atoms with E-state index in [9.17, 15) is 13.2 Å². The van der Waals surface area contributed by atoms with Gasteiger partial charge in [0.1, 0.15) is 0 Å². The van der Waals surface area contributed by atoms with Crippen molar-refractivity contribution < 1.29 is 13.2 Å². The zero-order valence-electron chi connectivity index (χ0n) is 20.2. The number of fused-ring (bicyclic) bond motifs is 1. The summed E-state index contributed by atoms with van der Waals surface area (Å²) in [6.45, 7) is 2.61. The Morgan fingerprint density at radius 1 is 1.03 bits per heavy atom. The SMILES string of the molecule is FCCCN1CC(Cc2ccc(C3=C(c4ncc(Cl)cc4C(F)F)CCCc4ccccc43)cc2)C1. The quantitative estimate of drug-likeness (QED) is 0.307. The van der Waals surface area contributed by atoms with Crippen LogP contribution in [0.1, 0.15) is 59.2 Å². The van der Waals surface area contributed by atoms with E-state index in [4.69, 9.17) is 11.6 Å². The lowest BCUT2D eigenvalue weighted by molar-refractivity contribution is 0.0968. The number of aromatic nitrogens is 1. The highest BCUT2D eigenvalue weighted by molar-refractivity contribution is 6.30. The van der Waals surface area contributed by atoms with Crippen LogP contribution in [0, 0.1) is 5.92 Å². The van der Waals surface area contributed by atoms with Gasteiger partial charge in [-0.3, -0.25) is 9.37 Å². The Hall–Kier alpha value is -2.63. The van der Waals surface area contributed by atoms with Gasteiger partial charge in [0.15, 0.2) is 0 Å². The van der Waals surface area contributed by atoms with Crippen molar-refractivity contribution in [2.75, 3.05) is 26.3 Å². The van der Waals surface area contributed by atoms with Crippen LogP contribution in [0.15, 0.2) is 60.8 Å². The highest BCUT2D eigenvalue weighted by Gasteiger charge is 2.27. The first-order chi connectivity index (χ1) is 17.5. The second-order valence-electron chi connectivity index (χ2n) is 9.83. The molecule has 0 spiro atoms. The van der Waals surface area contributed by atoms with E-state index in [2.05, 4.69) is 46.3 Å². The van der Waals surface area contributed by atoms with E-state index >= 15 is 0 Å². The number of pyridine rings is 1. The molecule has 1 saturated heterocycles. The molecule has 2 nitrogen and oxygen atoms in total. The Morgan fingerprint density at radius 2 is 1.81 bits per heavy atom. The van der Waals surface area contributed by atoms with E-state index in [0.717, 1.165) is 61.2 Å². The number of rotatable bonds is 8. The van der Waals surface area contributed by atoms with E-state index in [1.54, 1.807) is 0 Å². The Balaban J connectivity index is 1.50. The fourth-order valence-electron chi connectivity index (χ4n) is 5.58. The van der Waals surface area contributed by atoms with Gasteiger partial charge in [-0.1, -0.05) is 60.1 Å². The second kappa shape index (κ2) is 11.2. The number of aryl methyl sites for hydroxylation is 1. The molecule has 1 aromatic heterocycles. The molecule has 0 unspecified atom stereocenters. The summed E-state index contributed by atoms with van der Waals surface area (Å²) in [5.41, 5.74) is 6.63. The van der Waals surface area contributed by atoms with Crippen molar-refractivity contribution in [1.29, 1.82) is 0 Å². The van der Waals surface area contributed by atoms with Gasteiger partial charge in [0.25, 0.3) is 6.43 Å². The average molecular weight is 511 g/mol. The van der Waals surface area contributed by atoms with Crippen LogP contribution in [0.2, 0.25) is 5.02 Å². The summed E-state index contributed by atoms with van der Waals surface area (Å²) in [5.74, 6) is 0.593. The molecule has 0 amide bonds. The standard InChI is InChI=1S/C30H30ClF3N2/c31-24-16-27(30(33)34)29(35-17-24)26-8-3-6-22-5-1-2-7-25(22)28(26)23-11-9-20(10-12-23)15-21-18-36(19-21)14-4-13-32/h1-2,5,7,9-12,16-17,21,30H,3-4,6,8,13-15,18-19H2. The van der Waals surface area contributed by atoms with Crippen LogP contribution < -0.4 is 0 Å². The molecule has 1 aliphatic heterocycles. The van der Waals surface area contributed by atoms with Crippen LogP contribution in [-0.2, 0) is 12.8 Å². The number of alkyl halides is 3. The van der Waals surface area contributed by atoms with Gasteiger partial charge in [-0.15, -0.1) is 0 Å². The van der Waals surface area contributed by atoms with Crippen molar-refractivity contribution in [3.63, 3.8) is 0 Å². The van der Waals surface area contributed by atoms with Crippen molar-refractivity contribution in [3.05, 3.63) is 99.3 Å². The molecule has 2 aromatic carbocycles. The number of hydrogen-bond acceptors (Lipinski definition) is 2. The molecule has 0 saturated carbocycles. The molecule has 0 radical (unpaired) electrons. The Kier molecular flexibility index (Phi) is 7.78. The van der Waals surface area contributed by atoms with Gasteiger partial charge in [-0.25, -0.2) is 8.78 Å². The van der Waals surface area contributed by atoms with Crippen LogP contribution in [0.25, 0.3) is 11.1 Å². The predicted octanol–water partition coefficient (Wildman–Crippen LogP) is 7.80. The summed E-state index contributed by atoms with van der Waals surface area (Å²) in [6, 6.07) is 18.1. The van der Waals surface area contributed by atoms with Crippen LogP contribution in [0.4, 0.5) is 13.2 Å². The second-order valence-corrected chi connectivity index (χ2v) is 10.3. The molecule has 36 heavy (non-hydrogen) atoms. The number of benzene rings is 2. The summed E-state index contributed by atoms with van der Waals surface area (Å²) in [4.78, 5) is 6.72. The predicted molar refractivity (Wildman–Crippen MR) is 140 cm³/mol. The van der Waals surface area contributed by atoms with Gasteiger partial charge in [-0.05, 0) is 77.5 Å². The number of nitrogens with zero attached hydrogens (tertiary/aromatic N) is 2. The highest BCUT2D eigenvalue weighted by atomic mass is 35.5. The summed E-state index contributed by atoms with van der Waals surface area (Å²) in [5, 5.41) is 0.217. The maximum absolute atomic E-state index is 14.1. The monoisotopic (exact) mass is 510 g/mol. The van der Waals surface area contributed by atoms with Gasteiger partial charge in [0.2, 0.25) is 0 Å². The summed E-state index contributed by atoms with van der Waals surface area (Å²) >= 11 is 6.04. The van der Waals surface area contributed by atoms with Gasteiger partial charge in [0, 0.05) is 31.4 Å². The molecular formula is C30H30ClF3N2. The third-order valence-electron chi connectivity index (χ3n) is 7.27. The molecular weight excluding hydrogens is 481 g/mol. The maximum atomic E-state index is 14.1. The molecule has 3 aromatic rings.